The standard InChI is InChI=1S/C14H21ClN2O3S/c15-11-5-6-12(16)13(9-11)21(19,20)17-10-14(18)7-3-1-2-4-8-14/h5-6,9,17-18H,1-4,7-8,10,16H2. The summed E-state index contributed by atoms with van der Waals surface area (Å²) >= 11 is 5.82. The van der Waals surface area contributed by atoms with Crippen LogP contribution in [0.5, 0.6) is 0 Å². The van der Waals surface area contributed by atoms with Gasteiger partial charge in [-0.3, -0.25) is 0 Å². The third kappa shape index (κ3) is 4.32. The maximum atomic E-state index is 12.3. The van der Waals surface area contributed by atoms with Gasteiger partial charge >= 0.3 is 0 Å². The van der Waals surface area contributed by atoms with Crippen molar-refractivity contribution in [3.8, 4) is 0 Å². The molecule has 0 aliphatic heterocycles. The molecule has 0 heterocycles. The lowest BCUT2D eigenvalue weighted by molar-refractivity contribution is 0.0303. The highest BCUT2D eigenvalue weighted by Gasteiger charge is 2.30. The van der Waals surface area contributed by atoms with Gasteiger partial charge in [-0.2, -0.15) is 0 Å². The Morgan fingerprint density at radius 1 is 1.24 bits per heavy atom. The van der Waals surface area contributed by atoms with Gasteiger partial charge in [0, 0.05) is 11.6 Å². The Bertz CT molecular complexity index is 596. The molecule has 0 bridgehead atoms. The fourth-order valence-corrected chi connectivity index (χ4v) is 4.12. The van der Waals surface area contributed by atoms with Crippen molar-refractivity contribution >= 4 is 27.3 Å². The van der Waals surface area contributed by atoms with Gasteiger partial charge in [0.1, 0.15) is 4.90 Å². The van der Waals surface area contributed by atoms with Gasteiger partial charge in [-0.25, -0.2) is 13.1 Å². The molecule has 1 aromatic rings. The van der Waals surface area contributed by atoms with E-state index in [1.165, 1.54) is 18.2 Å². The normalized spacial score (nSPS) is 19.1. The lowest BCUT2D eigenvalue weighted by Crippen LogP contribution is -2.42. The van der Waals surface area contributed by atoms with Crippen LogP contribution in [0.1, 0.15) is 38.5 Å². The van der Waals surface area contributed by atoms with Crippen LogP contribution >= 0.6 is 11.6 Å². The van der Waals surface area contributed by atoms with Crippen LogP contribution in [0.4, 0.5) is 5.69 Å². The summed E-state index contributed by atoms with van der Waals surface area (Å²) in [6, 6.07) is 4.31. The van der Waals surface area contributed by atoms with E-state index >= 15 is 0 Å². The molecule has 5 nitrogen and oxygen atoms in total. The van der Waals surface area contributed by atoms with E-state index in [4.69, 9.17) is 17.3 Å². The van der Waals surface area contributed by atoms with Crippen LogP contribution in [0.25, 0.3) is 0 Å². The van der Waals surface area contributed by atoms with Crippen molar-refractivity contribution in [3.05, 3.63) is 23.2 Å². The molecule has 1 aliphatic rings. The molecule has 4 N–H and O–H groups in total. The van der Waals surface area contributed by atoms with Gasteiger partial charge in [0.2, 0.25) is 10.0 Å². The third-order valence-corrected chi connectivity index (χ3v) is 5.58. The van der Waals surface area contributed by atoms with Crippen molar-refractivity contribution in [3.63, 3.8) is 0 Å². The molecule has 21 heavy (non-hydrogen) atoms. The van der Waals surface area contributed by atoms with Crippen LogP contribution in [0, 0.1) is 0 Å². The number of aliphatic hydroxyl groups is 1. The van der Waals surface area contributed by atoms with Crippen LogP contribution in [-0.4, -0.2) is 25.7 Å². The number of nitrogen functional groups attached to an aromatic ring is 1. The van der Waals surface area contributed by atoms with Crippen molar-refractivity contribution in [2.45, 2.75) is 49.0 Å². The Kier molecular flexibility index (Phi) is 5.14. The van der Waals surface area contributed by atoms with Crippen molar-refractivity contribution in [2.75, 3.05) is 12.3 Å². The molecule has 1 aromatic carbocycles. The minimum atomic E-state index is -3.78. The molecule has 0 radical (unpaired) electrons. The molecule has 7 heteroatoms. The molecule has 0 saturated heterocycles. The first-order chi connectivity index (χ1) is 9.82. The molecule has 118 valence electrons. The number of nitrogens with two attached hydrogens (primary N) is 1. The molecular weight excluding hydrogens is 312 g/mol. The molecule has 0 spiro atoms. The van der Waals surface area contributed by atoms with Gasteiger partial charge in [0.05, 0.1) is 11.3 Å². The average molecular weight is 333 g/mol. The smallest absolute Gasteiger partial charge is 0.242 e. The van der Waals surface area contributed by atoms with E-state index in [1.807, 2.05) is 0 Å². The summed E-state index contributed by atoms with van der Waals surface area (Å²) in [4.78, 5) is -0.0489. The Labute approximate surface area is 130 Å². The highest BCUT2D eigenvalue weighted by molar-refractivity contribution is 7.89. The number of sulfonamides is 1. The molecule has 0 atom stereocenters. The summed E-state index contributed by atoms with van der Waals surface area (Å²) in [5.74, 6) is 0. The quantitative estimate of drug-likeness (QED) is 0.582. The number of hydrogen-bond acceptors (Lipinski definition) is 4. The molecule has 1 aliphatic carbocycles. The average Bonchev–Trinajstić information content (AvgIpc) is 2.65. The SMILES string of the molecule is Nc1ccc(Cl)cc1S(=O)(=O)NCC1(O)CCCCCC1. The van der Waals surface area contributed by atoms with E-state index in [0.29, 0.717) is 17.9 Å². The van der Waals surface area contributed by atoms with E-state index in [0.717, 1.165) is 25.7 Å². The molecule has 2 rings (SSSR count). The van der Waals surface area contributed by atoms with Gasteiger partial charge in [-0.15, -0.1) is 0 Å². The summed E-state index contributed by atoms with van der Waals surface area (Å²) < 4.78 is 27.1. The first-order valence-electron chi connectivity index (χ1n) is 7.10. The zero-order valence-electron chi connectivity index (χ0n) is 11.8. The van der Waals surface area contributed by atoms with Crippen LogP contribution in [0.2, 0.25) is 5.02 Å². The molecule has 1 fully saturated rings. The predicted octanol–water partition coefficient (Wildman–Crippen LogP) is 2.29. The topological polar surface area (TPSA) is 92.4 Å². The maximum absolute atomic E-state index is 12.3. The fraction of sp³-hybridized carbons (Fsp3) is 0.571. The Hall–Kier alpha value is -0.820. The maximum Gasteiger partial charge on any atom is 0.242 e. The lowest BCUT2D eigenvalue weighted by atomic mass is 9.95. The summed E-state index contributed by atoms with van der Waals surface area (Å²) in [6.07, 6.45) is 5.21. The van der Waals surface area contributed by atoms with Crippen molar-refractivity contribution in [1.82, 2.24) is 4.72 Å². The minimum absolute atomic E-state index is 0.00128. The Morgan fingerprint density at radius 3 is 2.48 bits per heavy atom. The van der Waals surface area contributed by atoms with Gasteiger partial charge in [-0.05, 0) is 31.0 Å². The molecular formula is C14H21ClN2O3S. The van der Waals surface area contributed by atoms with E-state index in [2.05, 4.69) is 4.72 Å². The second-order valence-corrected chi connectivity index (χ2v) is 7.82. The zero-order chi connectivity index (χ0) is 15.5. The number of rotatable bonds is 4. The van der Waals surface area contributed by atoms with Gasteiger partial charge in [0.15, 0.2) is 0 Å². The summed E-state index contributed by atoms with van der Waals surface area (Å²) in [7, 11) is -3.78. The van der Waals surface area contributed by atoms with Crippen LogP contribution in [0.15, 0.2) is 23.1 Å². The van der Waals surface area contributed by atoms with E-state index < -0.39 is 15.6 Å². The van der Waals surface area contributed by atoms with Crippen molar-refractivity contribution < 1.29 is 13.5 Å². The van der Waals surface area contributed by atoms with Crippen LogP contribution in [0.3, 0.4) is 0 Å². The second kappa shape index (κ2) is 6.52. The van der Waals surface area contributed by atoms with Gasteiger partial charge in [0.25, 0.3) is 0 Å². The van der Waals surface area contributed by atoms with Crippen molar-refractivity contribution in [2.24, 2.45) is 0 Å². The number of anilines is 1. The Balaban J connectivity index is 2.12. The first kappa shape index (κ1) is 16.5. The highest BCUT2D eigenvalue weighted by Crippen LogP contribution is 2.28. The molecule has 0 unspecified atom stereocenters. The van der Waals surface area contributed by atoms with E-state index in [-0.39, 0.29) is 17.1 Å². The van der Waals surface area contributed by atoms with Crippen LogP contribution in [-0.2, 0) is 10.0 Å². The number of halogens is 1. The molecule has 0 amide bonds. The Morgan fingerprint density at radius 2 is 1.86 bits per heavy atom. The summed E-state index contributed by atoms with van der Waals surface area (Å²) in [5, 5.41) is 10.8. The zero-order valence-corrected chi connectivity index (χ0v) is 13.4. The summed E-state index contributed by atoms with van der Waals surface area (Å²) in [5.41, 5.74) is 4.87. The predicted molar refractivity (Wildman–Crippen MR) is 83.7 cm³/mol. The third-order valence-electron chi connectivity index (χ3n) is 3.89. The lowest BCUT2D eigenvalue weighted by Gasteiger charge is -2.26. The number of nitrogens with one attached hydrogen (secondary N) is 1. The van der Waals surface area contributed by atoms with Gasteiger partial charge in [-0.1, -0.05) is 37.3 Å². The highest BCUT2D eigenvalue weighted by atomic mass is 35.5. The molecule has 1 saturated carbocycles. The first-order valence-corrected chi connectivity index (χ1v) is 8.96. The fourth-order valence-electron chi connectivity index (χ4n) is 2.61. The van der Waals surface area contributed by atoms with Gasteiger partial charge < -0.3 is 10.8 Å². The second-order valence-electron chi connectivity index (χ2n) is 5.65. The number of benzene rings is 1. The monoisotopic (exact) mass is 332 g/mol. The van der Waals surface area contributed by atoms with Crippen molar-refractivity contribution in [1.29, 1.82) is 0 Å². The number of hydrogen-bond donors (Lipinski definition) is 3. The minimum Gasteiger partial charge on any atom is -0.398 e. The summed E-state index contributed by atoms with van der Waals surface area (Å²) in [6.45, 7) is 0.00128. The largest absolute Gasteiger partial charge is 0.398 e. The van der Waals surface area contributed by atoms with E-state index in [1.54, 1.807) is 0 Å². The molecule has 0 aromatic heterocycles. The van der Waals surface area contributed by atoms with Crippen LogP contribution < -0.4 is 10.5 Å². The van der Waals surface area contributed by atoms with E-state index in [9.17, 15) is 13.5 Å².